The molecule has 2 aromatic rings. The van der Waals surface area contributed by atoms with Crippen molar-refractivity contribution in [3.8, 4) is 5.75 Å². The third-order valence-corrected chi connectivity index (χ3v) is 5.54. The molecule has 0 spiro atoms. The van der Waals surface area contributed by atoms with Gasteiger partial charge in [0.15, 0.2) is 0 Å². The van der Waals surface area contributed by atoms with E-state index in [0.29, 0.717) is 6.61 Å². The highest BCUT2D eigenvalue weighted by Crippen LogP contribution is 2.14. The first kappa shape index (κ1) is 21.1. The first-order valence-electron chi connectivity index (χ1n) is 10.5. The van der Waals surface area contributed by atoms with Crippen molar-refractivity contribution in [2.45, 2.75) is 33.7 Å². The van der Waals surface area contributed by atoms with Crippen molar-refractivity contribution >= 4 is 5.91 Å². The molecule has 3 rings (SSSR count). The Morgan fingerprint density at radius 1 is 0.966 bits per heavy atom. The Balaban J connectivity index is 1.41. The Morgan fingerprint density at radius 3 is 2.21 bits per heavy atom. The number of ether oxygens (including phenoxy) is 1. The van der Waals surface area contributed by atoms with Crippen LogP contribution in [0.2, 0.25) is 0 Å². The SMILES string of the molecule is CC=C(C)C(=O)N1CCN(Cc2ccc(CCOc3ccc(C)cc3)cc2)CC1. The van der Waals surface area contributed by atoms with Gasteiger partial charge in [-0.3, -0.25) is 9.69 Å². The highest BCUT2D eigenvalue weighted by atomic mass is 16.5. The van der Waals surface area contributed by atoms with Crippen LogP contribution in [-0.2, 0) is 17.8 Å². The van der Waals surface area contributed by atoms with Gasteiger partial charge >= 0.3 is 0 Å². The Kier molecular flexibility index (Phi) is 7.48. The molecular weight excluding hydrogens is 360 g/mol. The third-order valence-electron chi connectivity index (χ3n) is 5.54. The molecule has 0 radical (unpaired) electrons. The van der Waals surface area contributed by atoms with E-state index < -0.39 is 0 Å². The van der Waals surface area contributed by atoms with Crippen LogP contribution >= 0.6 is 0 Å². The van der Waals surface area contributed by atoms with Gasteiger partial charge in [0.25, 0.3) is 0 Å². The number of piperazine rings is 1. The van der Waals surface area contributed by atoms with Crippen molar-refractivity contribution in [1.82, 2.24) is 9.80 Å². The quantitative estimate of drug-likeness (QED) is 0.661. The van der Waals surface area contributed by atoms with E-state index in [1.165, 1.54) is 16.7 Å². The largest absolute Gasteiger partial charge is 0.493 e. The second-order valence-corrected chi connectivity index (χ2v) is 7.77. The van der Waals surface area contributed by atoms with Crippen molar-refractivity contribution in [3.05, 3.63) is 76.9 Å². The minimum Gasteiger partial charge on any atom is -0.493 e. The first-order chi connectivity index (χ1) is 14.0. The topological polar surface area (TPSA) is 32.8 Å². The van der Waals surface area contributed by atoms with Crippen molar-refractivity contribution in [3.63, 3.8) is 0 Å². The van der Waals surface area contributed by atoms with E-state index in [1.807, 2.05) is 37.0 Å². The van der Waals surface area contributed by atoms with Crippen molar-refractivity contribution < 1.29 is 9.53 Å². The number of hydrogen-bond donors (Lipinski definition) is 0. The monoisotopic (exact) mass is 392 g/mol. The molecule has 0 saturated carbocycles. The molecule has 1 aliphatic rings. The molecule has 1 aliphatic heterocycles. The van der Waals surface area contributed by atoms with Gasteiger partial charge < -0.3 is 9.64 Å². The maximum absolute atomic E-state index is 12.3. The molecule has 2 aromatic carbocycles. The number of benzene rings is 2. The summed E-state index contributed by atoms with van der Waals surface area (Å²) in [5.41, 5.74) is 4.69. The van der Waals surface area contributed by atoms with E-state index in [1.54, 1.807) is 0 Å². The van der Waals surface area contributed by atoms with Gasteiger partial charge in [-0.1, -0.05) is 48.0 Å². The van der Waals surface area contributed by atoms with E-state index in [4.69, 9.17) is 4.74 Å². The van der Waals surface area contributed by atoms with Crippen LogP contribution in [0.5, 0.6) is 5.75 Å². The molecule has 4 heteroatoms. The Morgan fingerprint density at radius 2 is 1.59 bits per heavy atom. The normalized spacial score (nSPS) is 15.4. The van der Waals surface area contributed by atoms with Crippen LogP contribution in [0.4, 0.5) is 0 Å². The molecule has 0 bridgehead atoms. The average molecular weight is 393 g/mol. The van der Waals surface area contributed by atoms with Gasteiger partial charge in [-0.15, -0.1) is 0 Å². The summed E-state index contributed by atoms with van der Waals surface area (Å²) in [6.45, 7) is 11.0. The molecule has 1 fully saturated rings. The van der Waals surface area contributed by atoms with Gasteiger partial charge in [0.05, 0.1) is 6.61 Å². The van der Waals surface area contributed by atoms with Crippen LogP contribution in [-0.4, -0.2) is 48.5 Å². The minimum absolute atomic E-state index is 0.171. The zero-order valence-electron chi connectivity index (χ0n) is 17.9. The van der Waals surface area contributed by atoms with Gasteiger partial charge in [-0.25, -0.2) is 0 Å². The lowest BCUT2D eigenvalue weighted by Gasteiger charge is -2.35. The fraction of sp³-hybridized carbons (Fsp3) is 0.400. The predicted molar refractivity (Wildman–Crippen MR) is 118 cm³/mol. The smallest absolute Gasteiger partial charge is 0.249 e. The van der Waals surface area contributed by atoms with E-state index in [0.717, 1.165) is 50.5 Å². The molecule has 0 aromatic heterocycles. The third kappa shape index (κ3) is 6.20. The van der Waals surface area contributed by atoms with Gasteiger partial charge in [0.2, 0.25) is 5.91 Å². The van der Waals surface area contributed by atoms with E-state index >= 15 is 0 Å². The lowest BCUT2D eigenvalue weighted by molar-refractivity contribution is -0.128. The molecule has 0 N–H and O–H groups in total. The number of allylic oxidation sites excluding steroid dienone is 1. The molecule has 1 saturated heterocycles. The second-order valence-electron chi connectivity index (χ2n) is 7.77. The number of aryl methyl sites for hydroxylation is 1. The van der Waals surface area contributed by atoms with Crippen LogP contribution in [0.3, 0.4) is 0 Å². The summed E-state index contributed by atoms with van der Waals surface area (Å²) in [5, 5.41) is 0. The summed E-state index contributed by atoms with van der Waals surface area (Å²) in [6, 6.07) is 17.0. The summed E-state index contributed by atoms with van der Waals surface area (Å²) in [4.78, 5) is 16.6. The fourth-order valence-corrected chi connectivity index (χ4v) is 3.47. The average Bonchev–Trinajstić information content (AvgIpc) is 2.76. The molecule has 1 heterocycles. The molecular formula is C25H32N2O2. The van der Waals surface area contributed by atoms with Gasteiger partial charge in [0.1, 0.15) is 5.75 Å². The summed E-state index contributed by atoms with van der Waals surface area (Å²) < 4.78 is 5.83. The van der Waals surface area contributed by atoms with Crippen molar-refractivity contribution in [1.29, 1.82) is 0 Å². The van der Waals surface area contributed by atoms with Gasteiger partial charge in [-0.2, -0.15) is 0 Å². The highest BCUT2D eigenvalue weighted by Gasteiger charge is 2.21. The second kappa shape index (κ2) is 10.3. The minimum atomic E-state index is 0.171. The molecule has 0 unspecified atom stereocenters. The van der Waals surface area contributed by atoms with Crippen LogP contribution in [0, 0.1) is 6.92 Å². The van der Waals surface area contributed by atoms with Crippen LogP contribution in [0.1, 0.15) is 30.5 Å². The number of carbonyl (C=O) groups excluding carboxylic acids is 1. The first-order valence-corrected chi connectivity index (χ1v) is 10.5. The molecule has 0 atom stereocenters. The maximum atomic E-state index is 12.3. The molecule has 1 amide bonds. The van der Waals surface area contributed by atoms with E-state index in [-0.39, 0.29) is 5.91 Å². The van der Waals surface area contributed by atoms with Crippen molar-refractivity contribution in [2.75, 3.05) is 32.8 Å². The van der Waals surface area contributed by atoms with Gasteiger partial charge in [-0.05, 0) is 44.0 Å². The number of amides is 1. The lowest BCUT2D eigenvalue weighted by atomic mass is 10.1. The Hall–Kier alpha value is -2.59. The highest BCUT2D eigenvalue weighted by molar-refractivity contribution is 5.92. The number of nitrogens with zero attached hydrogens (tertiary/aromatic N) is 2. The van der Waals surface area contributed by atoms with E-state index in [9.17, 15) is 4.79 Å². The number of carbonyl (C=O) groups is 1. The maximum Gasteiger partial charge on any atom is 0.249 e. The molecule has 4 nitrogen and oxygen atoms in total. The number of rotatable bonds is 7. The van der Waals surface area contributed by atoms with Crippen LogP contribution in [0.15, 0.2) is 60.2 Å². The fourth-order valence-electron chi connectivity index (χ4n) is 3.47. The Labute approximate surface area is 174 Å². The Bertz CT molecular complexity index is 817. The molecule has 154 valence electrons. The molecule has 29 heavy (non-hydrogen) atoms. The standard InChI is InChI=1S/C25H32N2O2/c1-4-21(3)25(28)27-16-14-26(15-17-27)19-23-9-7-22(8-10-23)13-18-29-24-11-5-20(2)6-12-24/h4-12H,13-19H2,1-3H3. The predicted octanol–water partition coefficient (Wildman–Crippen LogP) is 4.23. The summed E-state index contributed by atoms with van der Waals surface area (Å²) in [6.07, 6.45) is 2.79. The zero-order valence-corrected chi connectivity index (χ0v) is 17.9. The molecule has 0 aliphatic carbocycles. The summed E-state index contributed by atoms with van der Waals surface area (Å²) >= 11 is 0. The zero-order chi connectivity index (χ0) is 20.6. The van der Waals surface area contributed by atoms with Gasteiger partial charge in [0, 0.05) is 44.7 Å². The van der Waals surface area contributed by atoms with E-state index in [2.05, 4.69) is 48.2 Å². The van der Waals surface area contributed by atoms with Crippen LogP contribution in [0.25, 0.3) is 0 Å². The number of hydrogen-bond acceptors (Lipinski definition) is 3. The summed E-state index contributed by atoms with van der Waals surface area (Å²) in [7, 11) is 0. The lowest BCUT2D eigenvalue weighted by Crippen LogP contribution is -2.48. The van der Waals surface area contributed by atoms with Crippen molar-refractivity contribution in [2.24, 2.45) is 0 Å². The summed E-state index contributed by atoms with van der Waals surface area (Å²) in [5.74, 6) is 1.10. The van der Waals surface area contributed by atoms with Crippen LogP contribution < -0.4 is 4.74 Å².